The van der Waals surface area contributed by atoms with Gasteiger partial charge in [0.2, 0.25) is 0 Å². The molecule has 1 aromatic heterocycles. The molecule has 0 saturated heterocycles. The van der Waals surface area contributed by atoms with Gasteiger partial charge in [-0.3, -0.25) is 4.79 Å². The van der Waals surface area contributed by atoms with Crippen molar-refractivity contribution in [2.75, 3.05) is 11.9 Å². The maximum Gasteiger partial charge on any atom is 0.416 e. The lowest BCUT2D eigenvalue weighted by molar-refractivity contribution is -0.137. The van der Waals surface area contributed by atoms with Gasteiger partial charge in [0.25, 0.3) is 0 Å². The average molecular weight is 376 g/mol. The van der Waals surface area contributed by atoms with E-state index in [0.717, 1.165) is 12.1 Å². The van der Waals surface area contributed by atoms with Crippen LogP contribution in [0.4, 0.5) is 18.9 Å². The van der Waals surface area contributed by atoms with E-state index in [4.69, 9.17) is 0 Å². The molecule has 0 unspecified atom stereocenters. The normalized spacial score (nSPS) is 11.5. The molecule has 27 heavy (non-hydrogen) atoms. The number of rotatable bonds is 6. The number of H-pyrrole nitrogens is 1. The van der Waals surface area contributed by atoms with Crippen LogP contribution in [0.5, 0.6) is 0 Å². The number of halogens is 3. The van der Waals surface area contributed by atoms with Crippen LogP contribution in [0.25, 0.3) is 10.9 Å². The molecule has 0 aliphatic carbocycles. The minimum Gasteiger partial charge on any atom is -0.477 e. The zero-order chi connectivity index (χ0) is 19.6. The van der Waals surface area contributed by atoms with Crippen molar-refractivity contribution in [2.24, 2.45) is 0 Å². The van der Waals surface area contributed by atoms with Gasteiger partial charge < -0.3 is 15.4 Å². The third kappa shape index (κ3) is 3.94. The van der Waals surface area contributed by atoms with E-state index in [-0.39, 0.29) is 35.6 Å². The summed E-state index contributed by atoms with van der Waals surface area (Å²) >= 11 is 0. The number of anilines is 1. The molecule has 1 heterocycles. The molecule has 5 nitrogen and oxygen atoms in total. The third-order valence-electron chi connectivity index (χ3n) is 4.09. The Hall–Kier alpha value is -3.29. The predicted molar refractivity (Wildman–Crippen MR) is 94.1 cm³/mol. The molecule has 8 heteroatoms. The first-order valence-electron chi connectivity index (χ1n) is 8.05. The van der Waals surface area contributed by atoms with E-state index in [2.05, 4.69) is 10.3 Å². The third-order valence-corrected chi connectivity index (χ3v) is 4.09. The van der Waals surface area contributed by atoms with Crippen molar-refractivity contribution in [3.05, 3.63) is 65.4 Å². The highest BCUT2D eigenvalue weighted by Crippen LogP contribution is 2.34. The molecular weight excluding hydrogens is 361 g/mol. The van der Waals surface area contributed by atoms with E-state index in [1.165, 1.54) is 6.07 Å². The quantitative estimate of drug-likeness (QED) is 0.551. The smallest absolute Gasteiger partial charge is 0.416 e. The molecule has 0 atom stereocenters. The van der Waals surface area contributed by atoms with Crippen LogP contribution < -0.4 is 5.32 Å². The molecule has 3 rings (SSSR count). The molecule has 0 aliphatic rings. The van der Waals surface area contributed by atoms with E-state index in [0.29, 0.717) is 10.9 Å². The van der Waals surface area contributed by atoms with Crippen LogP contribution in [-0.4, -0.2) is 28.4 Å². The number of nitrogens with one attached hydrogen (secondary N) is 2. The summed E-state index contributed by atoms with van der Waals surface area (Å²) in [6.07, 6.45) is -4.42. The molecule has 2 aromatic carbocycles. The lowest BCUT2D eigenvalue weighted by atomic mass is 10.1. The van der Waals surface area contributed by atoms with Crippen molar-refractivity contribution in [1.82, 2.24) is 4.98 Å². The van der Waals surface area contributed by atoms with Crippen LogP contribution in [0.2, 0.25) is 0 Å². The molecule has 0 spiro atoms. The molecule has 0 fully saturated rings. The van der Waals surface area contributed by atoms with Gasteiger partial charge in [0, 0.05) is 29.4 Å². The second kappa shape index (κ2) is 7.14. The minimum absolute atomic E-state index is 0.0547. The van der Waals surface area contributed by atoms with Crippen molar-refractivity contribution in [1.29, 1.82) is 0 Å². The van der Waals surface area contributed by atoms with Crippen LogP contribution in [0, 0.1) is 0 Å². The summed E-state index contributed by atoms with van der Waals surface area (Å²) in [4.78, 5) is 26.1. The van der Waals surface area contributed by atoms with Crippen LogP contribution in [0.15, 0.2) is 48.5 Å². The van der Waals surface area contributed by atoms with Gasteiger partial charge in [0.1, 0.15) is 5.69 Å². The number of fused-ring (bicyclic) bond motifs is 1. The van der Waals surface area contributed by atoms with Gasteiger partial charge in [-0.1, -0.05) is 36.4 Å². The predicted octanol–water partition coefficient (Wildman–Crippen LogP) is 4.57. The number of carboxylic acids is 1. The average Bonchev–Trinajstić information content (AvgIpc) is 3.00. The van der Waals surface area contributed by atoms with E-state index in [1.807, 2.05) is 0 Å². The van der Waals surface area contributed by atoms with Crippen LogP contribution in [0.1, 0.15) is 32.8 Å². The maximum absolute atomic E-state index is 12.9. The Bertz CT molecular complexity index is 995. The Kier molecular flexibility index (Phi) is 4.89. The highest BCUT2D eigenvalue weighted by Gasteiger charge is 2.31. The zero-order valence-electron chi connectivity index (χ0n) is 13.9. The van der Waals surface area contributed by atoms with Crippen LogP contribution in [0.3, 0.4) is 0 Å². The molecular formula is C19H15F3N2O3. The first-order valence-corrected chi connectivity index (χ1v) is 8.05. The molecule has 0 aliphatic heterocycles. The zero-order valence-corrected chi connectivity index (χ0v) is 13.9. The van der Waals surface area contributed by atoms with Gasteiger partial charge in [-0.25, -0.2) is 4.79 Å². The monoisotopic (exact) mass is 376 g/mol. The topological polar surface area (TPSA) is 82.2 Å². The lowest BCUT2D eigenvalue weighted by Gasteiger charge is -2.08. The van der Waals surface area contributed by atoms with Crippen molar-refractivity contribution >= 4 is 28.3 Å². The number of Topliss-reactive ketones (excluding diaryl/α,β-unsaturated/α-hetero) is 1. The number of benzene rings is 2. The first-order chi connectivity index (χ1) is 12.8. The highest BCUT2D eigenvalue weighted by molar-refractivity contribution is 6.06. The molecule has 140 valence electrons. The van der Waals surface area contributed by atoms with Gasteiger partial charge in [0.15, 0.2) is 5.78 Å². The number of aromatic nitrogens is 1. The van der Waals surface area contributed by atoms with E-state index >= 15 is 0 Å². The number of aromatic amines is 1. The van der Waals surface area contributed by atoms with Gasteiger partial charge in [-0.2, -0.15) is 13.2 Å². The second-order valence-corrected chi connectivity index (χ2v) is 5.90. The van der Waals surface area contributed by atoms with Gasteiger partial charge in [-0.05, 0) is 12.1 Å². The number of hydrogen-bond donors (Lipinski definition) is 3. The summed E-state index contributed by atoms with van der Waals surface area (Å²) < 4.78 is 38.6. The van der Waals surface area contributed by atoms with Crippen molar-refractivity contribution in [3.8, 4) is 0 Å². The highest BCUT2D eigenvalue weighted by atomic mass is 19.4. The summed E-state index contributed by atoms with van der Waals surface area (Å²) in [5, 5.41) is 12.5. The molecule has 0 bridgehead atoms. The SMILES string of the molecule is O=C(CCNc1c(C(=O)O)[nH]c2cc(C(F)(F)F)ccc12)c1ccccc1. The van der Waals surface area contributed by atoms with Gasteiger partial charge in [0.05, 0.1) is 11.3 Å². The summed E-state index contributed by atoms with van der Waals surface area (Å²) in [5.41, 5.74) is -0.381. The Morgan fingerprint density at radius 1 is 1.07 bits per heavy atom. The number of aromatic carboxylic acids is 1. The largest absolute Gasteiger partial charge is 0.477 e. The standard InChI is InChI=1S/C19H15F3N2O3/c20-19(21,22)12-6-7-13-14(10-12)24-17(18(26)27)16(13)23-9-8-15(25)11-4-2-1-3-5-11/h1-7,10,23-24H,8-9H2,(H,26,27). The van der Waals surface area contributed by atoms with Crippen molar-refractivity contribution in [2.45, 2.75) is 12.6 Å². The fourth-order valence-corrected chi connectivity index (χ4v) is 2.79. The van der Waals surface area contributed by atoms with E-state index in [1.54, 1.807) is 30.3 Å². The Morgan fingerprint density at radius 3 is 2.41 bits per heavy atom. The number of hydrogen-bond acceptors (Lipinski definition) is 3. The lowest BCUT2D eigenvalue weighted by Crippen LogP contribution is -2.11. The second-order valence-electron chi connectivity index (χ2n) is 5.90. The fourth-order valence-electron chi connectivity index (χ4n) is 2.79. The van der Waals surface area contributed by atoms with E-state index < -0.39 is 17.7 Å². The minimum atomic E-state index is -4.53. The molecule has 0 radical (unpaired) electrons. The molecule has 3 N–H and O–H groups in total. The van der Waals surface area contributed by atoms with Crippen molar-refractivity contribution in [3.63, 3.8) is 0 Å². The molecule has 3 aromatic rings. The van der Waals surface area contributed by atoms with Crippen molar-refractivity contribution < 1.29 is 27.9 Å². The Morgan fingerprint density at radius 2 is 1.78 bits per heavy atom. The summed E-state index contributed by atoms with van der Waals surface area (Å²) in [5.74, 6) is -1.43. The van der Waals surface area contributed by atoms with Crippen LogP contribution in [-0.2, 0) is 6.18 Å². The number of carbonyl (C=O) groups is 2. The summed E-state index contributed by atoms with van der Waals surface area (Å²) in [6, 6.07) is 11.6. The first kappa shape index (κ1) is 18.5. The van der Waals surface area contributed by atoms with E-state index in [9.17, 15) is 27.9 Å². The summed E-state index contributed by atoms with van der Waals surface area (Å²) in [7, 11) is 0. The number of ketones is 1. The van der Waals surface area contributed by atoms with Gasteiger partial charge in [-0.15, -0.1) is 0 Å². The number of carboxylic acid groups (broad SMARTS) is 1. The van der Waals surface area contributed by atoms with Crippen LogP contribution >= 0.6 is 0 Å². The summed E-state index contributed by atoms with van der Waals surface area (Å²) in [6.45, 7) is 0.141. The Labute approximate surface area is 151 Å². The Balaban J connectivity index is 1.83. The number of carbonyl (C=O) groups excluding carboxylic acids is 1. The maximum atomic E-state index is 12.9. The molecule has 0 amide bonds. The number of alkyl halides is 3. The van der Waals surface area contributed by atoms with Gasteiger partial charge >= 0.3 is 12.1 Å². The molecule has 0 saturated carbocycles. The fraction of sp³-hybridized carbons (Fsp3) is 0.158.